The Kier molecular flexibility index (Phi) is 6.54. The second kappa shape index (κ2) is 9.28. The van der Waals surface area contributed by atoms with Gasteiger partial charge in [0.2, 0.25) is 0 Å². The van der Waals surface area contributed by atoms with Crippen LogP contribution in [-0.2, 0) is 11.3 Å². The van der Waals surface area contributed by atoms with Crippen LogP contribution in [0, 0.1) is 0 Å². The molecule has 152 valence electrons. The molecule has 0 aliphatic rings. The van der Waals surface area contributed by atoms with Gasteiger partial charge < -0.3 is 18.8 Å². The van der Waals surface area contributed by atoms with E-state index in [-0.39, 0.29) is 5.56 Å². The molecule has 6 nitrogen and oxygen atoms in total. The number of ether oxygens (including phenoxy) is 3. The minimum atomic E-state index is -0.0316. The molecular weight excluding hydrogens is 368 g/mol. The van der Waals surface area contributed by atoms with Gasteiger partial charge in [0.25, 0.3) is 5.56 Å². The van der Waals surface area contributed by atoms with E-state index in [0.717, 1.165) is 34.9 Å². The van der Waals surface area contributed by atoms with Gasteiger partial charge >= 0.3 is 0 Å². The van der Waals surface area contributed by atoms with Crippen LogP contribution in [0.4, 0.5) is 0 Å². The Hall–Kier alpha value is -3.28. The summed E-state index contributed by atoms with van der Waals surface area (Å²) >= 11 is 0. The van der Waals surface area contributed by atoms with Crippen molar-refractivity contribution in [2.45, 2.75) is 26.3 Å². The van der Waals surface area contributed by atoms with E-state index in [2.05, 4.69) is 11.9 Å². The monoisotopic (exact) mass is 394 g/mol. The predicted molar refractivity (Wildman–Crippen MR) is 115 cm³/mol. The quantitative estimate of drug-likeness (QED) is 0.527. The summed E-state index contributed by atoms with van der Waals surface area (Å²) in [5, 5.41) is 1.42. The first kappa shape index (κ1) is 20.5. The minimum absolute atomic E-state index is 0.0316. The van der Waals surface area contributed by atoms with Crippen molar-refractivity contribution in [3.8, 4) is 22.6 Å². The van der Waals surface area contributed by atoms with Gasteiger partial charge in [0.1, 0.15) is 11.5 Å². The van der Waals surface area contributed by atoms with Crippen molar-refractivity contribution >= 4 is 16.8 Å². The molecule has 0 saturated heterocycles. The van der Waals surface area contributed by atoms with E-state index in [1.807, 2.05) is 30.5 Å². The molecule has 6 heteroatoms. The molecule has 1 aromatic carbocycles. The third-order valence-electron chi connectivity index (χ3n) is 4.87. The van der Waals surface area contributed by atoms with Crippen molar-refractivity contribution in [1.82, 2.24) is 9.55 Å². The molecule has 29 heavy (non-hydrogen) atoms. The lowest BCUT2D eigenvalue weighted by Crippen LogP contribution is -2.20. The van der Waals surface area contributed by atoms with Crippen molar-refractivity contribution < 1.29 is 14.2 Å². The number of unbranched alkanes of at least 4 members (excludes halogenated alkanes) is 1. The Morgan fingerprint density at radius 3 is 2.55 bits per heavy atom. The number of hydrogen-bond acceptors (Lipinski definition) is 5. The topological polar surface area (TPSA) is 62.6 Å². The van der Waals surface area contributed by atoms with E-state index in [1.165, 1.54) is 0 Å². The number of hydrogen-bond donors (Lipinski definition) is 0. The third-order valence-corrected chi connectivity index (χ3v) is 4.87. The smallest absolute Gasteiger partial charge is 0.260 e. The van der Waals surface area contributed by atoms with Crippen LogP contribution in [0.25, 0.3) is 28.0 Å². The average molecular weight is 394 g/mol. The summed E-state index contributed by atoms with van der Waals surface area (Å²) < 4.78 is 18.1. The van der Waals surface area contributed by atoms with Crippen molar-refractivity contribution in [2.75, 3.05) is 21.3 Å². The van der Waals surface area contributed by atoms with Gasteiger partial charge in [-0.15, -0.1) is 0 Å². The van der Waals surface area contributed by atoms with E-state index in [4.69, 9.17) is 14.2 Å². The van der Waals surface area contributed by atoms with Crippen LogP contribution in [0.2, 0.25) is 0 Å². The van der Waals surface area contributed by atoms with E-state index < -0.39 is 0 Å². The highest BCUT2D eigenvalue weighted by Crippen LogP contribution is 2.39. The molecule has 0 aliphatic heterocycles. The summed E-state index contributed by atoms with van der Waals surface area (Å²) in [6, 6.07) is 5.69. The number of aryl methyl sites for hydroxylation is 1. The molecule has 0 atom stereocenters. The zero-order chi connectivity index (χ0) is 20.8. The van der Waals surface area contributed by atoms with Gasteiger partial charge in [-0.1, -0.05) is 13.3 Å². The van der Waals surface area contributed by atoms with Gasteiger partial charge in [-0.2, -0.15) is 0 Å². The number of rotatable bonds is 8. The van der Waals surface area contributed by atoms with Gasteiger partial charge in [0, 0.05) is 41.8 Å². The average Bonchev–Trinajstić information content (AvgIpc) is 2.76. The molecule has 0 N–H and O–H groups in total. The van der Waals surface area contributed by atoms with E-state index in [9.17, 15) is 4.79 Å². The molecule has 3 rings (SSSR count). The van der Waals surface area contributed by atoms with E-state index in [0.29, 0.717) is 23.4 Å². The second-order valence-electron chi connectivity index (χ2n) is 6.65. The first-order valence-electron chi connectivity index (χ1n) is 9.57. The van der Waals surface area contributed by atoms with E-state index in [1.54, 1.807) is 44.6 Å². The fraction of sp³-hybridized carbons (Fsp3) is 0.304. The Morgan fingerprint density at radius 2 is 1.86 bits per heavy atom. The highest BCUT2D eigenvalue weighted by atomic mass is 16.5. The minimum Gasteiger partial charge on any atom is -0.504 e. The molecule has 0 bridgehead atoms. The Morgan fingerprint density at radius 1 is 1.07 bits per heavy atom. The molecule has 3 aromatic rings. The number of methoxy groups -OCH3 is 3. The number of fused-ring (bicyclic) bond motifs is 1. The third kappa shape index (κ3) is 4.11. The fourth-order valence-corrected chi connectivity index (χ4v) is 3.35. The number of benzene rings is 1. The lowest BCUT2D eigenvalue weighted by molar-refractivity contribution is 0.341. The predicted octanol–water partition coefficient (Wildman–Crippen LogP) is 4.50. The van der Waals surface area contributed by atoms with Gasteiger partial charge in [-0.05, 0) is 36.1 Å². The molecule has 0 fully saturated rings. The lowest BCUT2D eigenvalue weighted by Gasteiger charge is -2.17. The summed E-state index contributed by atoms with van der Waals surface area (Å²) in [5.74, 6) is 1.36. The van der Waals surface area contributed by atoms with Crippen molar-refractivity contribution in [3.05, 3.63) is 59.0 Å². The summed E-state index contributed by atoms with van der Waals surface area (Å²) in [6.07, 6.45) is 10.6. The van der Waals surface area contributed by atoms with Crippen molar-refractivity contribution in [3.63, 3.8) is 0 Å². The first-order valence-corrected chi connectivity index (χ1v) is 9.57. The van der Waals surface area contributed by atoms with Crippen LogP contribution in [0.15, 0.2) is 47.8 Å². The fourth-order valence-electron chi connectivity index (χ4n) is 3.35. The largest absolute Gasteiger partial charge is 0.504 e. The maximum absolute atomic E-state index is 12.9. The Labute approximate surface area is 170 Å². The zero-order valence-electron chi connectivity index (χ0n) is 17.3. The lowest BCUT2D eigenvalue weighted by atomic mass is 9.98. The highest BCUT2D eigenvalue weighted by molar-refractivity contribution is 5.97. The highest BCUT2D eigenvalue weighted by Gasteiger charge is 2.17. The summed E-state index contributed by atoms with van der Waals surface area (Å²) in [6.45, 7) is 2.76. The maximum atomic E-state index is 12.9. The summed E-state index contributed by atoms with van der Waals surface area (Å²) in [4.78, 5) is 17.1. The first-order chi connectivity index (χ1) is 14.1. The standard InChI is InChI=1S/C23H26N2O4/c1-5-6-10-25-15-20(17-7-9-24-14-19(17)23(25)26)18-13-21(28-3)16(8-11-27-2)12-22(18)29-4/h7-9,11-15H,5-6,10H2,1-4H3/b11-8-. The maximum Gasteiger partial charge on any atom is 0.260 e. The molecule has 0 radical (unpaired) electrons. The second-order valence-corrected chi connectivity index (χ2v) is 6.65. The number of nitrogens with zero attached hydrogens (tertiary/aromatic N) is 2. The zero-order valence-corrected chi connectivity index (χ0v) is 17.3. The number of pyridine rings is 2. The van der Waals surface area contributed by atoms with Crippen LogP contribution in [-0.4, -0.2) is 30.9 Å². The summed E-state index contributed by atoms with van der Waals surface area (Å²) in [7, 11) is 4.85. The molecule has 2 aromatic heterocycles. The van der Waals surface area contributed by atoms with Crippen LogP contribution < -0.4 is 15.0 Å². The molecule has 0 spiro atoms. The molecule has 0 aliphatic carbocycles. The normalized spacial score (nSPS) is 11.2. The molecule has 0 amide bonds. The number of aromatic nitrogens is 2. The van der Waals surface area contributed by atoms with Gasteiger partial charge in [-0.25, -0.2) is 0 Å². The van der Waals surface area contributed by atoms with Crippen LogP contribution in [0.1, 0.15) is 25.3 Å². The van der Waals surface area contributed by atoms with E-state index >= 15 is 0 Å². The van der Waals surface area contributed by atoms with Crippen molar-refractivity contribution in [2.24, 2.45) is 0 Å². The molecule has 0 unspecified atom stereocenters. The molecule has 0 saturated carbocycles. The van der Waals surface area contributed by atoms with Crippen LogP contribution in [0.5, 0.6) is 11.5 Å². The SMILES string of the molecule is CCCCn1cc(-c2cc(OC)c(/C=C\OC)cc2OC)c2ccncc2c1=O. The molecule has 2 heterocycles. The van der Waals surface area contributed by atoms with Crippen LogP contribution in [0.3, 0.4) is 0 Å². The Bertz CT molecular complexity index is 1090. The summed E-state index contributed by atoms with van der Waals surface area (Å²) in [5.41, 5.74) is 2.55. The molecular formula is C23H26N2O4. The van der Waals surface area contributed by atoms with Gasteiger partial charge in [0.05, 0.1) is 33.0 Å². The Balaban J connectivity index is 2.30. The van der Waals surface area contributed by atoms with Gasteiger partial charge in [-0.3, -0.25) is 9.78 Å². The van der Waals surface area contributed by atoms with Crippen LogP contribution >= 0.6 is 0 Å². The van der Waals surface area contributed by atoms with Gasteiger partial charge in [0.15, 0.2) is 0 Å². The van der Waals surface area contributed by atoms with Crippen molar-refractivity contribution in [1.29, 1.82) is 0 Å².